The normalized spacial score (nSPS) is 19.8. The van der Waals surface area contributed by atoms with Crippen LogP contribution in [0, 0.1) is 5.82 Å². The van der Waals surface area contributed by atoms with E-state index in [1.807, 2.05) is 18.7 Å². The van der Waals surface area contributed by atoms with Crippen LogP contribution in [-0.4, -0.2) is 147 Å². The van der Waals surface area contributed by atoms with Crippen LogP contribution in [0.4, 0.5) is 19.0 Å². The van der Waals surface area contributed by atoms with Gasteiger partial charge >= 0.3 is 17.6 Å². The summed E-state index contributed by atoms with van der Waals surface area (Å²) in [7, 11) is 1.53. The number of hydrogen-bond acceptors (Lipinski definition) is 14. The molecule has 306 valence electrons. The first-order valence-corrected chi connectivity index (χ1v) is 17.9. The zero-order valence-corrected chi connectivity index (χ0v) is 31.1. The van der Waals surface area contributed by atoms with Gasteiger partial charge in [0, 0.05) is 50.6 Å². The number of phenolic OH excluding ortho intramolecular Hbond substituents is 2. The number of carbonyl (C=O) groups excluding carboxylic acids is 2. The molecule has 6 N–H and O–H groups in total. The van der Waals surface area contributed by atoms with Crippen molar-refractivity contribution in [1.29, 1.82) is 0 Å². The highest BCUT2D eigenvalue weighted by Crippen LogP contribution is 2.42. The Bertz CT molecular complexity index is 2190. The third-order valence-corrected chi connectivity index (χ3v) is 9.80. The van der Waals surface area contributed by atoms with E-state index >= 15 is 4.39 Å². The van der Waals surface area contributed by atoms with E-state index in [2.05, 4.69) is 20.5 Å². The number of phenols is 2. The fourth-order valence-electron chi connectivity index (χ4n) is 6.72. The lowest BCUT2D eigenvalue weighted by molar-refractivity contribution is -0.141. The fourth-order valence-corrected chi connectivity index (χ4v) is 6.72. The van der Waals surface area contributed by atoms with E-state index in [-0.39, 0.29) is 65.9 Å². The second-order valence-corrected chi connectivity index (χ2v) is 14.2. The van der Waals surface area contributed by atoms with Crippen molar-refractivity contribution < 1.29 is 53.0 Å². The molecular weight excluding hydrogens is 759 g/mol. The Hall–Kier alpha value is -5.61. The van der Waals surface area contributed by atoms with Gasteiger partial charge in [-0.05, 0) is 42.8 Å². The van der Waals surface area contributed by atoms with Crippen molar-refractivity contribution in [2.75, 3.05) is 58.2 Å². The van der Waals surface area contributed by atoms with Crippen LogP contribution in [0.25, 0.3) is 17.1 Å². The largest absolute Gasteiger partial charge is 0.508 e. The minimum absolute atomic E-state index is 0.0402. The molecule has 21 heteroatoms. The Labute approximate surface area is 323 Å². The first kappa shape index (κ1) is 41.0. The maximum absolute atomic E-state index is 15.5. The summed E-state index contributed by atoms with van der Waals surface area (Å²) >= 11 is 0. The number of ether oxygens (including phenoxy) is 1. The molecule has 0 saturated carbocycles. The molecule has 0 unspecified atom stereocenters. The highest BCUT2D eigenvalue weighted by Gasteiger charge is 2.59. The summed E-state index contributed by atoms with van der Waals surface area (Å²) in [6, 6.07) is 7.62. The summed E-state index contributed by atoms with van der Waals surface area (Å²) in [5.41, 5.74) is 0.0819. The monoisotopic (exact) mass is 801 g/mol. The summed E-state index contributed by atoms with van der Waals surface area (Å²) in [6.07, 6.45) is -5.25. The number of alkyl halides is 2. The smallest absolute Gasteiger partial charge is 0.351 e. The topological polar surface area (TPSA) is 232 Å². The summed E-state index contributed by atoms with van der Waals surface area (Å²) in [6.45, 7) is 4.19. The van der Waals surface area contributed by atoms with Gasteiger partial charge in [0.15, 0.2) is 11.9 Å². The molecule has 2 fully saturated rings. The van der Waals surface area contributed by atoms with Gasteiger partial charge < -0.3 is 40.5 Å². The first-order chi connectivity index (χ1) is 27.0. The van der Waals surface area contributed by atoms with E-state index in [1.165, 1.54) is 34.7 Å². The molecule has 4 heterocycles. The zero-order valence-electron chi connectivity index (χ0n) is 31.1. The zero-order chi connectivity index (χ0) is 41.3. The van der Waals surface area contributed by atoms with Gasteiger partial charge in [-0.25, -0.2) is 13.8 Å². The number of likely N-dealkylation sites (N-methyl/N-ethyl adjacent to an activating group) is 1. The van der Waals surface area contributed by atoms with E-state index in [9.17, 15) is 48.7 Å². The molecule has 2 amide bonds. The first-order valence-electron chi connectivity index (χ1n) is 17.9. The predicted molar refractivity (Wildman–Crippen MR) is 194 cm³/mol. The minimum Gasteiger partial charge on any atom is -0.508 e. The third-order valence-electron chi connectivity index (χ3n) is 9.80. The molecule has 3 atom stereocenters. The van der Waals surface area contributed by atoms with Crippen LogP contribution in [0.15, 0.2) is 47.4 Å². The summed E-state index contributed by atoms with van der Waals surface area (Å²) < 4.78 is 51.0. The lowest BCUT2D eigenvalue weighted by Crippen LogP contribution is -2.51. The standard InChI is InChI=1S/C36H42F3N9O9/c1-19(2)22-13-23(26(51)14-25(22)50)32-42-43-35(56)48(32)21-5-4-20(24(37)12-21)15-45-8-10-46(11-9-45)30(53)17-44(3)16-29(52)40-28-6-7-47(34(55)41-28)33-36(38,39)31(54)27(18-49)57-33/h4-7,12-14,19,27,31,33,49-51,54H,8-11,15-18H2,1-3H3,(H,43,56)(H,40,41,52,55)/t27-,31-,33-/m1/s1. The third kappa shape index (κ3) is 8.56. The molecule has 0 bridgehead atoms. The molecule has 6 rings (SSSR count). The predicted octanol–water partition coefficient (Wildman–Crippen LogP) is 0.971. The van der Waals surface area contributed by atoms with Crippen molar-refractivity contribution in [2.45, 2.75) is 50.7 Å². The van der Waals surface area contributed by atoms with Crippen molar-refractivity contribution in [3.63, 3.8) is 0 Å². The number of nitrogens with zero attached hydrogens (tertiary/aromatic N) is 8. The van der Waals surface area contributed by atoms with Gasteiger partial charge in [-0.15, -0.1) is 5.10 Å². The molecule has 2 aromatic heterocycles. The molecule has 2 aromatic carbocycles. The van der Waals surface area contributed by atoms with E-state index < -0.39 is 54.4 Å². The molecule has 0 radical (unpaired) electrons. The lowest BCUT2D eigenvalue weighted by Gasteiger charge is -2.35. The van der Waals surface area contributed by atoms with Crippen LogP contribution in [0.1, 0.15) is 37.1 Å². The van der Waals surface area contributed by atoms with Gasteiger partial charge in [-0.2, -0.15) is 13.8 Å². The number of aliphatic hydroxyl groups is 2. The minimum atomic E-state index is -3.89. The summed E-state index contributed by atoms with van der Waals surface area (Å²) in [5, 5.41) is 60.3. The number of nitrogens with one attached hydrogen (secondary N) is 1. The van der Waals surface area contributed by atoms with Gasteiger partial charge in [0.25, 0.3) is 0 Å². The van der Waals surface area contributed by atoms with Gasteiger partial charge in [0.05, 0.1) is 30.9 Å². The number of aliphatic hydroxyl groups excluding tert-OH is 2. The second kappa shape index (κ2) is 16.5. The van der Waals surface area contributed by atoms with Crippen molar-refractivity contribution in [3.8, 4) is 34.6 Å². The Morgan fingerprint density at radius 2 is 1.75 bits per heavy atom. The van der Waals surface area contributed by atoms with Crippen LogP contribution >= 0.6 is 0 Å². The average molecular weight is 802 g/mol. The average Bonchev–Trinajstić information content (AvgIpc) is 3.63. The second-order valence-electron chi connectivity index (χ2n) is 14.2. The number of aromatic nitrogens is 5. The van der Waals surface area contributed by atoms with E-state index in [0.717, 1.165) is 12.3 Å². The number of rotatable bonds is 12. The van der Waals surface area contributed by atoms with E-state index in [4.69, 9.17) is 4.74 Å². The number of hydrogen-bond donors (Lipinski definition) is 6. The number of carbonyl (C=O) groups is 2. The Morgan fingerprint density at radius 3 is 2.39 bits per heavy atom. The lowest BCUT2D eigenvalue weighted by atomic mass is 9.98. The Kier molecular flexibility index (Phi) is 11.9. The quantitative estimate of drug-likeness (QED) is 0.117. The number of aromatic hydroxyl groups is 3. The Morgan fingerprint density at radius 1 is 1.04 bits per heavy atom. The van der Waals surface area contributed by atoms with Crippen molar-refractivity contribution in [2.24, 2.45) is 0 Å². The number of halogens is 3. The van der Waals surface area contributed by atoms with Crippen LogP contribution < -0.4 is 11.0 Å². The van der Waals surface area contributed by atoms with Gasteiger partial charge in [0.1, 0.15) is 29.2 Å². The molecule has 0 aliphatic carbocycles. The molecule has 2 aliphatic heterocycles. The maximum Gasteiger partial charge on any atom is 0.351 e. The number of anilines is 1. The fraction of sp³-hybridized carbons (Fsp3) is 0.444. The van der Waals surface area contributed by atoms with Crippen LogP contribution in [0.3, 0.4) is 0 Å². The summed E-state index contributed by atoms with van der Waals surface area (Å²) in [5.74, 6) is -6.05. The SMILES string of the molecule is CC(C)c1cc(-c2nnc(O)n2-c2ccc(CN3CCN(C(=O)CN(C)CC(=O)Nc4ccn([C@@H]5O[C@H](CO)[C@@H](O)C5(F)F)c(=O)n4)CC3)c(F)c2)c(O)cc1O. The maximum atomic E-state index is 15.5. The van der Waals surface area contributed by atoms with Crippen molar-refractivity contribution in [3.05, 3.63) is 70.0 Å². The van der Waals surface area contributed by atoms with Crippen LogP contribution in [0.2, 0.25) is 0 Å². The molecular formula is C36H42F3N9O9. The van der Waals surface area contributed by atoms with Crippen LogP contribution in [0.5, 0.6) is 17.5 Å². The highest BCUT2D eigenvalue weighted by molar-refractivity contribution is 5.91. The van der Waals surface area contributed by atoms with E-state index in [1.54, 1.807) is 17.0 Å². The van der Waals surface area contributed by atoms with Gasteiger partial charge in [-0.1, -0.05) is 25.0 Å². The molecule has 4 aromatic rings. The molecule has 2 aliphatic rings. The van der Waals surface area contributed by atoms with Crippen LogP contribution in [-0.2, 0) is 20.9 Å². The molecule has 0 spiro atoms. The van der Waals surface area contributed by atoms with Crippen molar-refractivity contribution in [1.82, 2.24) is 39.0 Å². The molecule has 57 heavy (non-hydrogen) atoms. The molecule has 2 saturated heterocycles. The summed E-state index contributed by atoms with van der Waals surface area (Å²) in [4.78, 5) is 46.8. The Balaban J connectivity index is 0.995. The molecule has 18 nitrogen and oxygen atoms in total. The highest BCUT2D eigenvalue weighted by atomic mass is 19.3. The van der Waals surface area contributed by atoms with Crippen molar-refractivity contribution >= 4 is 17.6 Å². The number of benzene rings is 2. The van der Waals surface area contributed by atoms with Gasteiger partial charge in [0.2, 0.25) is 18.0 Å². The van der Waals surface area contributed by atoms with Gasteiger partial charge in [-0.3, -0.25) is 24.0 Å². The van der Waals surface area contributed by atoms with E-state index in [0.29, 0.717) is 41.9 Å². The number of piperazine rings is 1. The number of amides is 2.